The number of hydrogen-bond donors (Lipinski definition) is 0. The van der Waals surface area contributed by atoms with Gasteiger partial charge in [0.15, 0.2) is 6.29 Å². The summed E-state index contributed by atoms with van der Waals surface area (Å²) < 4.78 is 5.29. The molecule has 0 aliphatic rings. The molecule has 0 saturated heterocycles. The van der Waals surface area contributed by atoms with Gasteiger partial charge in [-0.2, -0.15) is 0 Å². The third kappa shape index (κ3) is 2.26. The van der Waals surface area contributed by atoms with Gasteiger partial charge in [-0.15, -0.1) is 0 Å². The van der Waals surface area contributed by atoms with Crippen molar-refractivity contribution in [2.75, 3.05) is 6.61 Å². The van der Waals surface area contributed by atoms with Crippen molar-refractivity contribution in [1.29, 1.82) is 0 Å². The van der Waals surface area contributed by atoms with Crippen LogP contribution in [-0.4, -0.2) is 12.9 Å². The first-order valence-corrected chi connectivity index (χ1v) is 5.01. The molecule has 0 N–H and O–H groups in total. The van der Waals surface area contributed by atoms with E-state index in [1.54, 1.807) is 0 Å². The molecule has 76 valence electrons. The second-order valence-corrected chi connectivity index (χ2v) is 3.31. The highest BCUT2D eigenvalue weighted by molar-refractivity contribution is 6.32. The smallest absolute Gasteiger partial charge is 0.153 e. The van der Waals surface area contributed by atoms with Crippen molar-refractivity contribution in [2.45, 2.75) is 20.3 Å². The minimum absolute atomic E-state index is 0.487. The first-order chi connectivity index (χ1) is 6.72. The van der Waals surface area contributed by atoms with Gasteiger partial charge in [0.25, 0.3) is 0 Å². The van der Waals surface area contributed by atoms with E-state index >= 15 is 0 Å². The molecule has 0 aliphatic carbocycles. The zero-order chi connectivity index (χ0) is 10.6. The molecule has 14 heavy (non-hydrogen) atoms. The number of halogens is 1. The second kappa shape index (κ2) is 5.01. The molecule has 0 aliphatic heterocycles. The number of benzene rings is 1. The molecule has 0 atom stereocenters. The number of carbonyl (C=O) groups is 1. The van der Waals surface area contributed by atoms with E-state index in [2.05, 4.69) is 0 Å². The number of carbonyl (C=O) groups excluding carboxylic acids is 1. The molecule has 0 fully saturated rings. The first-order valence-electron chi connectivity index (χ1n) is 4.63. The summed E-state index contributed by atoms with van der Waals surface area (Å²) in [6.45, 7) is 4.38. The molecule has 0 aromatic heterocycles. The molecule has 0 spiro atoms. The zero-order valence-electron chi connectivity index (χ0n) is 8.34. The SMILES string of the molecule is CCOc1c(Cl)cc(CC)cc1C=O. The van der Waals surface area contributed by atoms with Crippen molar-refractivity contribution < 1.29 is 9.53 Å². The lowest BCUT2D eigenvalue weighted by molar-refractivity contribution is 0.111. The fourth-order valence-corrected chi connectivity index (χ4v) is 1.57. The van der Waals surface area contributed by atoms with Crippen LogP contribution < -0.4 is 4.74 Å². The van der Waals surface area contributed by atoms with Gasteiger partial charge in [-0.3, -0.25) is 4.79 Å². The monoisotopic (exact) mass is 212 g/mol. The van der Waals surface area contributed by atoms with Gasteiger partial charge < -0.3 is 4.74 Å². The molecule has 0 heterocycles. The molecule has 0 unspecified atom stereocenters. The lowest BCUT2D eigenvalue weighted by atomic mass is 10.1. The summed E-state index contributed by atoms with van der Waals surface area (Å²) in [5.41, 5.74) is 1.57. The molecule has 1 rings (SSSR count). The maximum atomic E-state index is 10.8. The Kier molecular flexibility index (Phi) is 3.96. The van der Waals surface area contributed by atoms with Gasteiger partial charge in [-0.05, 0) is 31.0 Å². The summed E-state index contributed by atoms with van der Waals surface area (Å²) >= 11 is 5.99. The van der Waals surface area contributed by atoms with Crippen LogP contribution in [0.1, 0.15) is 29.8 Å². The molecule has 2 nitrogen and oxygen atoms in total. The Morgan fingerprint density at radius 3 is 2.64 bits per heavy atom. The van der Waals surface area contributed by atoms with Crippen molar-refractivity contribution in [3.05, 3.63) is 28.3 Å². The Morgan fingerprint density at radius 2 is 2.14 bits per heavy atom. The Balaban J connectivity index is 3.19. The summed E-state index contributed by atoms with van der Waals surface area (Å²) in [6.07, 6.45) is 1.63. The molecule has 0 saturated carbocycles. The largest absolute Gasteiger partial charge is 0.492 e. The van der Waals surface area contributed by atoms with Gasteiger partial charge >= 0.3 is 0 Å². The standard InChI is InChI=1S/C11H13ClO2/c1-3-8-5-9(7-13)11(14-4-2)10(12)6-8/h5-7H,3-4H2,1-2H3. The van der Waals surface area contributed by atoms with E-state index in [1.165, 1.54) is 0 Å². The van der Waals surface area contributed by atoms with E-state index in [0.717, 1.165) is 18.3 Å². The van der Waals surface area contributed by atoms with E-state index in [0.29, 0.717) is 22.9 Å². The number of aldehydes is 1. The van der Waals surface area contributed by atoms with Gasteiger partial charge in [0.1, 0.15) is 5.75 Å². The van der Waals surface area contributed by atoms with Gasteiger partial charge in [-0.25, -0.2) is 0 Å². The normalized spacial score (nSPS) is 9.93. The summed E-state index contributed by atoms with van der Waals surface area (Å²) in [5.74, 6) is 0.487. The van der Waals surface area contributed by atoms with Crippen LogP contribution in [0.5, 0.6) is 5.75 Å². The number of ether oxygens (including phenoxy) is 1. The Morgan fingerprint density at radius 1 is 1.43 bits per heavy atom. The molecular formula is C11H13ClO2. The second-order valence-electron chi connectivity index (χ2n) is 2.90. The highest BCUT2D eigenvalue weighted by Crippen LogP contribution is 2.29. The number of hydrogen-bond acceptors (Lipinski definition) is 2. The predicted molar refractivity (Wildman–Crippen MR) is 57.4 cm³/mol. The van der Waals surface area contributed by atoms with E-state index < -0.39 is 0 Å². The van der Waals surface area contributed by atoms with Gasteiger partial charge in [0, 0.05) is 0 Å². The van der Waals surface area contributed by atoms with E-state index in [1.807, 2.05) is 26.0 Å². The average molecular weight is 213 g/mol. The van der Waals surface area contributed by atoms with Crippen molar-refractivity contribution >= 4 is 17.9 Å². The fraction of sp³-hybridized carbons (Fsp3) is 0.364. The summed E-state index contributed by atoms with van der Waals surface area (Å²) in [7, 11) is 0. The summed E-state index contributed by atoms with van der Waals surface area (Å²) in [5, 5.41) is 0.508. The zero-order valence-corrected chi connectivity index (χ0v) is 9.10. The molecule has 0 bridgehead atoms. The molecule has 0 radical (unpaired) electrons. The summed E-state index contributed by atoms with van der Waals surface area (Å²) in [6, 6.07) is 3.64. The number of rotatable bonds is 4. The van der Waals surface area contributed by atoms with Crippen molar-refractivity contribution in [3.8, 4) is 5.75 Å². The summed E-state index contributed by atoms with van der Waals surface area (Å²) in [4.78, 5) is 10.8. The van der Waals surface area contributed by atoms with Crippen molar-refractivity contribution in [2.24, 2.45) is 0 Å². The van der Waals surface area contributed by atoms with Crippen LogP contribution >= 0.6 is 11.6 Å². The average Bonchev–Trinajstić information content (AvgIpc) is 2.20. The van der Waals surface area contributed by atoms with Crippen LogP contribution in [0.15, 0.2) is 12.1 Å². The van der Waals surface area contributed by atoms with Crippen LogP contribution in [0.3, 0.4) is 0 Å². The van der Waals surface area contributed by atoms with Crippen LogP contribution in [-0.2, 0) is 6.42 Å². The molecular weight excluding hydrogens is 200 g/mol. The van der Waals surface area contributed by atoms with Gasteiger partial charge in [-0.1, -0.05) is 18.5 Å². The first kappa shape index (κ1) is 11.1. The van der Waals surface area contributed by atoms with Crippen LogP contribution in [0.4, 0.5) is 0 Å². The number of aryl methyl sites for hydroxylation is 1. The lowest BCUT2D eigenvalue weighted by Gasteiger charge is -2.09. The molecule has 1 aromatic carbocycles. The Bertz CT molecular complexity index is 334. The highest BCUT2D eigenvalue weighted by Gasteiger charge is 2.09. The van der Waals surface area contributed by atoms with Crippen LogP contribution in [0.25, 0.3) is 0 Å². The van der Waals surface area contributed by atoms with E-state index in [4.69, 9.17) is 16.3 Å². The predicted octanol–water partition coefficient (Wildman–Crippen LogP) is 3.11. The molecule has 0 amide bonds. The van der Waals surface area contributed by atoms with Crippen LogP contribution in [0, 0.1) is 0 Å². The third-order valence-electron chi connectivity index (χ3n) is 1.96. The minimum atomic E-state index is 0.487. The van der Waals surface area contributed by atoms with Crippen molar-refractivity contribution in [1.82, 2.24) is 0 Å². The maximum Gasteiger partial charge on any atom is 0.153 e. The van der Waals surface area contributed by atoms with Gasteiger partial charge in [0.05, 0.1) is 17.2 Å². The van der Waals surface area contributed by atoms with Crippen LogP contribution in [0.2, 0.25) is 5.02 Å². The van der Waals surface area contributed by atoms with Gasteiger partial charge in [0.2, 0.25) is 0 Å². The van der Waals surface area contributed by atoms with E-state index in [-0.39, 0.29) is 0 Å². The van der Waals surface area contributed by atoms with Crippen molar-refractivity contribution in [3.63, 3.8) is 0 Å². The maximum absolute atomic E-state index is 10.8. The molecule has 1 aromatic rings. The topological polar surface area (TPSA) is 26.3 Å². The highest BCUT2D eigenvalue weighted by atomic mass is 35.5. The lowest BCUT2D eigenvalue weighted by Crippen LogP contribution is -1.98. The third-order valence-corrected chi connectivity index (χ3v) is 2.24. The molecule has 3 heteroatoms. The Labute approximate surface area is 88.8 Å². The quantitative estimate of drug-likeness (QED) is 0.717. The van der Waals surface area contributed by atoms with E-state index in [9.17, 15) is 4.79 Å². The Hall–Kier alpha value is -1.02. The fourth-order valence-electron chi connectivity index (χ4n) is 1.26. The minimum Gasteiger partial charge on any atom is -0.492 e.